The van der Waals surface area contributed by atoms with Gasteiger partial charge in [0.2, 0.25) is 11.8 Å². The molecular formula is C8H10N2O2. The van der Waals surface area contributed by atoms with Crippen molar-refractivity contribution in [3.05, 3.63) is 37.7 Å². The van der Waals surface area contributed by atoms with Crippen LogP contribution in [0.1, 0.15) is 0 Å². The Morgan fingerprint density at radius 2 is 1.33 bits per heavy atom. The molecule has 0 aromatic rings. The SMILES string of the molecule is C=CC(=O)NC(=C)NC(=O)C=C. The fourth-order valence-corrected chi connectivity index (χ4v) is 0.431. The third-order valence-corrected chi connectivity index (χ3v) is 0.919. The maximum absolute atomic E-state index is 10.6. The highest BCUT2D eigenvalue weighted by Gasteiger charge is 1.99. The minimum Gasteiger partial charge on any atom is -0.309 e. The molecule has 0 aliphatic carbocycles. The van der Waals surface area contributed by atoms with Gasteiger partial charge in [-0.25, -0.2) is 0 Å². The fourth-order valence-electron chi connectivity index (χ4n) is 0.431. The first kappa shape index (κ1) is 10.2. The van der Waals surface area contributed by atoms with Gasteiger partial charge < -0.3 is 10.6 Å². The minimum atomic E-state index is -0.427. The third-order valence-electron chi connectivity index (χ3n) is 0.919. The molecule has 0 aliphatic heterocycles. The predicted molar refractivity (Wildman–Crippen MR) is 45.8 cm³/mol. The van der Waals surface area contributed by atoms with Crippen molar-refractivity contribution in [3.8, 4) is 0 Å². The molecule has 2 N–H and O–H groups in total. The Hall–Kier alpha value is -1.84. The van der Waals surface area contributed by atoms with Gasteiger partial charge in [-0.15, -0.1) is 0 Å². The molecule has 2 amide bonds. The van der Waals surface area contributed by atoms with Crippen LogP contribution < -0.4 is 10.6 Å². The second kappa shape index (κ2) is 4.90. The fraction of sp³-hybridized carbons (Fsp3) is 0. The number of hydrogen-bond acceptors (Lipinski definition) is 2. The lowest BCUT2D eigenvalue weighted by Crippen LogP contribution is -2.32. The van der Waals surface area contributed by atoms with Crippen LogP contribution in [0.25, 0.3) is 0 Å². The average molecular weight is 166 g/mol. The number of rotatable bonds is 4. The van der Waals surface area contributed by atoms with E-state index in [1.165, 1.54) is 0 Å². The van der Waals surface area contributed by atoms with Crippen LogP contribution in [0.5, 0.6) is 0 Å². The number of hydrogen-bond donors (Lipinski definition) is 2. The Bertz CT molecular complexity index is 219. The van der Waals surface area contributed by atoms with Crippen molar-refractivity contribution < 1.29 is 9.59 Å². The van der Waals surface area contributed by atoms with Crippen molar-refractivity contribution in [3.63, 3.8) is 0 Å². The van der Waals surface area contributed by atoms with Crippen molar-refractivity contribution in [2.45, 2.75) is 0 Å². The molecule has 4 heteroatoms. The van der Waals surface area contributed by atoms with Crippen molar-refractivity contribution in [2.24, 2.45) is 0 Å². The Balaban J connectivity index is 3.89. The lowest BCUT2D eigenvalue weighted by Gasteiger charge is -2.05. The summed E-state index contributed by atoms with van der Waals surface area (Å²) in [6.45, 7) is 9.83. The molecule has 0 unspecified atom stereocenters. The summed E-state index contributed by atoms with van der Waals surface area (Å²) in [6.07, 6.45) is 2.15. The second-order valence-electron chi connectivity index (χ2n) is 1.87. The van der Waals surface area contributed by atoms with Gasteiger partial charge in [-0.1, -0.05) is 19.7 Å². The summed E-state index contributed by atoms with van der Waals surface area (Å²) in [5, 5.41) is 4.53. The topological polar surface area (TPSA) is 58.2 Å². The molecule has 0 aromatic carbocycles. The molecule has 0 saturated heterocycles. The van der Waals surface area contributed by atoms with E-state index in [9.17, 15) is 9.59 Å². The van der Waals surface area contributed by atoms with Crippen molar-refractivity contribution in [1.29, 1.82) is 0 Å². The van der Waals surface area contributed by atoms with Crippen LogP contribution in [-0.4, -0.2) is 11.8 Å². The van der Waals surface area contributed by atoms with Crippen LogP contribution in [0.4, 0.5) is 0 Å². The zero-order valence-electron chi connectivity index (χ0n) is 6.59. The summed E-state index contributed by atoms with van der Waals surface area (Å²) in [5.74, 6) is -0.751. The van der Waals surface area contributed by atoms with Gasteiger partial charge in [-0.3, -0.25) is 9.59 Å². The monoisotopic (exact) mass is 166 g/mol. The van der Waals surface area contributed by atoms with Gasteiger partial charge in [-0.05, 0) is 12.2 Å². The highest BCUT2D eigenvalue weighted by atomic mass is 16.2. The van der Waals surface area contributed by atoms with E-state index in [2.05, 4.69) is 30.4 Å². The average Bonchev–Trinajstić information content (AvgIpc) is 2.03. The molecule has 0 rings (SSSR count). The smallest absolute Gasteiger partial charge is 0.248 e. The van der Waals surface area contributed by atoms with Crippen molar-refractivity contribution >= 4 is 11.8 Å². The number of nitrogens with one attached hydrogen (secondary N) is 2. The van der Waals surface area contributed by atoms with Crippen LogP contribution >= 0.6 is 0 Å². The molecule has 0 aromatic heterocycles. The zero-order chi connectivity index (χ0) is 9.56. The Labute approximate surface area is 70.6 Å². The molecule has 0 saturated carbocycles. The van der Waals surface area contributed by atoms with E-state index in [1.807, 2.05) is 0 Å². The largest absolute Gasteiger partial charge is 0.309 e. The summed E-state index contributed by atoms with van der Waals surface area (Å²) in [5.41, 5.74) is 0. The second-order valence-corrected chi connectivity index (χ2v) is 1.87. The first-order valence-corrected chi connectivity index (χ1v) is 3.16. The lowest BCUT2D eigenvalue weighted by molar-refractivity contribution is -0.116. The van der Waals surface area contributed by atoms with Gasteiger partial charge in [0.25, 0.3) is 0 Å². The van der Waals surface area contributed by atoms with E-state index in [-0.39, 0.29) is 5.82 Å². The summed E-state index contributed by atoms with van der Waals surface area (Å²) in [6, 6.07) is 0. The van der Waals surface area contributed by atoms with Crippen LogP contribution in [0.15, 0.2) is 37.7 Å². The summed E-state index contributed by atoms with van der Waals surface area (Å²) in [7, 11) is 0. The van der Waals surface area contributed by atoms with Crippen molar-refractivity contribution in [2.75, 3.05) is 0 Å². The molecule has 0 aliphatic rings. The van der Waals surface area contributed by atoms with Crippen LogP contribution in [0, 0.1) is 0 Å². The van der Waals surface area contributed by atoms with Gasteiger partial charge >= 0.3 is 0 Å². The molecule has 0 atom stereocenters. The predicted octanol–water partition coefficient (Wildman–Crippen LogP) is 0.0620. The highest BCUT2D eigenvalue weighted by Crippen LogP contribution is 1.78. The van der Waals surface area contributed by atoms with E-state index >= 15 is 0 Å². The number of amides is 2. The zero-order valence-corrected chi connectivity index (χ0v) is 6.59. The summed E-state index contributed by atoms with van der Waals surface area (Å²) >= 11 is 0. The Kier molecular flexibility index (Phi) is 4.15. The maximum atomic E-state index is 10.6. The van der Waals surface area contributed by atoms with E-state index < -0.39 is 11.8 Å². The Morgan fingerprint density at radius 3 is 1.58 bits per heavy atom. The number of carbonyl (C=O) groups is 2. The molecular weight excluding hydrogens is 156 g/mol. The van der Waals surface area contributed by atoms with Gasteiger partial charge in [-0.2, -0.15) is 0 Å². The lowest BCUT2D eigenvalue weighted by atomic mass is 10.5. The molecule has 4 nitrogen and oxygen atoms in total. The first-order chi connectivity index (χ1) is 5.60. The van der Waals surface area contributed by atoms with E-state index in [4.69, 9.17) is 0 Å². The molecule has 0 heterocycles. The van der Waals surface area contributed by atoms with Gasteiger partial charge in [0.1, 0.15) is 5.82 Å². The van der Waals surface area contributed by atoms with Gasteiger partial charge in [0.15, 0.2) is 0 Å². The van der Waals surface area contributed by atoms with E-state index in [0.717, 1.165) is 12.2 Å². The maximum Gasteiger partial charge on any atom is 0.248 e. The van der Waals surface area contributed by atoms with Crippen LogP contribution in [0.3, 0.4) is 0 Å². The number of carbonyl (C=O) groups excluding carboxylic acids is 2. The summed E-state index contributed by atoms with van der Waals surface area (Å²) < 4.78 is 0. The summed E-state index contributed by atoms with van der Waals surface area (Å²) in [4.78, 5) is 21.2. The van der Waals surface area contributed by atoms with Crippen LogP contribution in [0.2, 0.25) is 0 Å². The quantitative estimate of drug-likeness (QED) is 0.580. The molecule has 64 valence electrons. The molecule has 0 bridgehead atoms. The Morgan fingerprint density at radius 1 is 1.00 bits per heavy atom. The highest BCUT2D eigenvalue weighted by molar-refractivity contribution is 5.91. The molecule has 0 radical (unpaired) electrons. The molecule has 0 spiro atoms. The van der Waals surface area contributed by atoms with Gasteiger partial charge in [0, 0.05) is 0 Å². The molecule has 0 fully saturated rings. The first-order valence-electron chi connectivity index (χ1n) is 3.16. The third kappa shape index (κ3) is 4.05. The minimum absolute atomic E-state index is 0.102. The normalized spacial score (nSPS) is 8.00. The molecule has 12 heavy (non-hydrogen) atoms. The van der Waals surface area contributed by atoms with Crippen molar-refractivity contribution in [1.82, 2.24) is 10.6 Å². The standard InChI is InChI=1S/C8H10N2O2/c1-4-7(11)9-6(3)10-8(12)5-2/h4-5H,1-3H2,(H,9,11)(H,10,12). The van der Waals surface area contributed by atoms with Crippen LogP contribution in [-0.2, 0) is 9.59 Å². The van der Waals surface area contributed by atoms with E-state index in [1.54, 1.807) is 0 Å². The van der Waals surface area contributed by atoms with Gasteiger partial charge in [0.05, 0.1) is 0 Å². The van der Waals surface area contributed by atoms with E-state index in [0.29, 0.717) is 0 Å².